The van der Waals surface area contributed by atoms with E-state index >= 15 is 0 Å². The van der Waals surface area contributed by atoms with Crippen LogP contribution < -0.4 is 0 Å². The van der Waals surface area contributed by atoms with E-state index in [1.165, 1.54) is 17.7 Å². The molecule has 2 aromatic rings. The van der Waals surface area contributed by atoms with Gasteiger partial charge in [-0.05, 0) is 32.4 Å². The number of aryl methyl sites for hydroxylation is 2. The summed E-state index contributed by atoms with van der Waals surface area (Å²) in [7, 11) is 0. The van der Waals surface area contributed by atoms with E-state index in [-0.39, 0.29) is 0 Å². The zero-order chi connectivity index (χ0) is 12.5. The van der Waals surface area contributed by atoms with Gasteiger partial charge in [0.2, 0.25) is 0 Å². The van der Waals surface area contributed by atoms with Crippen LogP contribution in [0.25, 0.3) is 0 Å². The highest BCUT2D eigenvalue weighted by Crippen LogP contribution is 2.28. The van der Waals surface area contributed by atoms with Gasteiger partial charge in [0.25, 0.3) is 0 Å². The molecule has 1 N–H and O–H groups in total. The largest absolute Gasteiger partial charge is 0.361 e. The molecule has 0 spiro atoms. The van der Waals surface area contributed by atoms with Crippen molar-refractivity contribution < 1.29 is 4.52 Å². The van der Waals surface area contributed by atoms with Gasteiger partial charge in [-0.3, -0.25) is 10.00 Å². The highest BCUT2D eigenvalue weighted by Gasteiger charge is 2.26. The molecule has 0 radical (unpaired) electrons. The van der Waals surface area contributed by atoms with Crippen molar-refractivity contribution >= 4 is 0 Å². The van der Waals surface area contributed by atoms with Gasteiger partial charge in [0.15, 0.2) is 0 Å². The molecule has 1 atom stereocenters. The first-order chi connectivity index (χ1) is 8.72. The van der Waals surface area contributed by atoms with Crippen LogP contribution in [0.4, 0.5) is 0 Å². The summed E-state index contributed by atoms with van der Waals surface area (Å²) in [5, 5.41) is 11.3. The number of hydrogen-bond acceptors (Lipinski definition) is 4. The second kappa shape index (κ2) is 4.57. The van der Waals surface area contributed by atoms with E-state index in [4.69, 9.17) is 4.52 Å². The molecule has 0 aliphatic carbocycles. The van der Waals surface area contributed by atoms with Gasteiger partial charge in [-0.15, -0.1) is 0 Å². The maximum absolute atomic E-state index is 5.10. The zero-order valence-electron chi connectivity index (χ0n) is 10.8. The second-order valence-electron chi connectivity index (χ2n) is 5.12. The van der Waals surface area contributed by atoms with Gasteiger partial charge in [0.1, 0.15) is 5.76 Å². The molecule has 1 aliphatic heterocycles. The molecule has 5 heteroatoms. The fourth-order valence-electron chi connectivity index (χ4n) is 2.70. The minimum absolute atomic E-state index is 0.570. The first-order valence-corrected chi connectivity index (χ1v) is 6.37. The van der Waals surface area contributed by atoms with Crippen molar-refractivity contribution in [3.8, 4) is 0 Å². The normalized spacial score (nSPS) is 20.7. The molecule has 1 aliphatic rings. The Morgan fingerprint density at radius 2 is 2.39 bits per heavy atom. The van der Waals surface area contributed by atoms with Gasteiger partial charge in [-0.2, -0.15) is 5.10 Å². The first kappa shape index (κ1) is 11.5. The minimum Gasteiger partial charge on any atom is -0.361 e. The average molecular weight is 246 g/mol. The molecule has 0 saturated carbocycles. The fraction of sp³-hybridized carbons (Fsp3) is 0.538. The average Bonchev–Trinajstić information content (AvgIpc) is 3.02. The first-order valence-electron chi connectivity index (χ1n) is 6.37. The summed E-state index contributed by atoms with van der Waals surface area (Å²) in [6, 6.07) is 2.01. The van der Waals surface area contributed by atoms with Gasteiger partial charge in [-0.1, -0.05) is 5.16 Å². The van der Waals surface area contributed by atoms with Gasteiger partial charge in [-0.25, -0.2) is 0 Å². The van der Waals surface area contributed by atoms with Crippen LogP contribution in [0.3, 0.4) is 0 Å². The third kappa shape index (κ3) is 2.18. The number of aromatic nitrogens is 3. The number of rotatable bonds is 3. The van der Waals surface area contributed by atoms with Crippen molar-refractivity contribution in [2.45, 2.75) is 32.7 Å². The molecule has 1 unspecified atom stereocenters. The molecule has 1 fully saturated rings. The van der Waals surface area contributed by atoms with Crippen LogP contribution in [0.2, 0.25) is 0 Å². The predicted molar refractivity (Wildman–Crippen MR) is 67.2 cm³/mol. The third-order valence-electron chi connectivity index (χ3n) is 3.61. The van der Waals surface area contributed by atoms with Crippen molar-refractivity contribution in [1.29, 1.82) is 0 Å². The molecular weight excluding hydrogens is 228 g/mol. The highest BCUT2D eigenvalue weighted by molar-refractivity contribution is 5.20. The van der Waals surface area contributed by atoms with Crippen molar-refractivity contribution in [3.05, 3.63) is 35.0 Å². The minimum atomic E-state index is 0.570. The van der Waals surface area contributed by atoms with Gasteiger partial charge in [0.05, 0.1) is 11.9 Å². The lowest BCUT2D eigenvalue weighted by Crippen LogP contribution is -2.20. The molecule has 0 amide bonds. The lowest BCUT2D eigenvalue weighted by atomic mass is 10.0. The SMILES string of the molecule is Cc1cc(CN2CCC(c3[nH]ncc3C)C2)no1. The standard InChI is InChI=1S/C13H18N4O/c1-9-6-14-15-13(9)11-3-4-17(7-11)8-12-5-10(2)18-16-12/h5-6,11H,3-4,7-8H2,1-2H3,(H,14,15). The van der Waals surface area contributed by atoms with Crippen LogP contribution in [-0.2, 0) is 6.54 Å². The highest BCUT2D eigenvalue weighted by atomic mass is 16.5. The Morgan fingerprint density at radius 1 is 1.50 bits per heavy atom. The summed E-state index contributed by atoms with van der Waals surface area (Å²) in [4.78, 5) is 2.42. The monoisotopic (exact) mass is 246 g/mol. The molecule has 3 heterocycles. The van der Waals surface area contributed by atoms with E-state index in [2.05, 4.69) is 27.2 Å². The van der Waals surface area contributed by atoms with Crippen molar-refractivity contribution in [3.63, 3.8) is 0 Å². The fourth-order valence-corrected chi connectivity index (χ4v) is 2.70. The van der Waals surface area contributed by atoms with Crippen molar-refractivity contribution in [2.75, 3.05) is 13.1 Å². The summed E-state index contributed by atoms with van der Waals surface area (Å²) in [5.74, 6) is 1.45. The molecule has 5 nitrogen and oxygen atoms in total. The molecule has 0 bridgehead atoms. The van der Waals surface area contributed by atoms with E-state index < -0.39 is 0 Å². The zero-order valence-corrected chi connectivity index (χ0v) is 10.8. The van der Waals surface area contributed by atoms with Crippen LogP contribution in [0.15, 0.2) is 16.8 Å². The van der Waals surface area contributed by atoms with Crippen LogP contribution in [-0.4, -0.2) is 33.3 Å². The Hall–Kier alpha value is -1.62. The Labute approximate surface area is 106 Å². The Bertz CT molecular complexity index is 531. The molecular formula is C13H18N4O. The van der Waals surface area contributed by atoms with Crippen molar-refractivity contribution in [2.24, 2.45) is 0 Å². The smallest absolute Gasteiger partial charge is 0.133 e. The lowest BCUT2D eigenvalue weighted by Gasteiger charge is -2.13. The van der Waals surface area contributed by atoms with Crippen LogP contribution >= 0.6 is 0 Å². The number of likely N-dealkylation sites (tertiary alicyclic amines) is 1. The molecule has 18 heavy (non-hydrogen) atoms. The summed E-state index contributed by atoms with van der Waals surface area (Å²) >= 11 is 0. The number of H-pyrrole nitrogens is 1. The molecule has 3 rings (SSSR count). The predicted octanol–water partition coefficient (Wildman–Crippen LogP) is 2.00. The Kier molecular flexibility index (Phi) is 2.91. The summed E-state index contributed by atoms with van der Waals surface area (Å²) in [5.41, 5.74) is 3.57. The summed E-state index contributed by atoms with van der Waals surface area (Å²) in [6.45, 7) is 7.09. The van der Waals surface area contributed by atoms with E-state index in [1.54, 1.807) is 0 Å². The van der Waals surface area contributed by atoms with E-state index in [0.717, 1.165) is 31.1 Å². The molecule has 1 saturated heterocycles. The summed E-state index contributed by atoms with van der Waals surface area (Å²) in [6.07, 6.45) is 3.08. The molecule has 0 aromatic carbocycles. The number of aromatic amines is 1. The Balaban J connectivity index is 1.63. The second-order valence-corrected chi connectivity index (χ2v) is 5.12. The summed E-state index contributed by atoms with van der Waals surface area (Å²) < 4.78 is 5.10. The van der Waals surface area contributed by atoms with Gasteiger partial charge >= 0.3 is 0 Å². The quantitative estimate of drug-likeness (QED) is 0.900. The van der Waals surface area contributed by atoms with Gasteiger partial charge in [0, 0.05) is 30.8 Å². The van der Waals surface area contributed by atoms with Gasteiger partial charge < -0.3 is 4.52 Å². The third-order valence-corrected chi connectivity index (χ3v) is 3.61. The van der Waals surface area contributed by atoms with Crippen molar-refractivity contribution in [1.82, 2.24) is 20.3 Å². The van der Waals surface area contributed by atoms with E-state index in [0.29, 0.717) is 5.92 Å². The van der Waals surface area contributed by atoms with Crippen LogP contribution in [0.5, 0.6) is 0 Å². The maximum Gasteiger partial charge on any atom is 0.133 e. The van der Waals surface area contributed by atoms with Crippen LogP contribution in [0, 0.1) is 13.8 Å². The van der Waals surface area contributed by atoms with E-state index in [9.17, 15) is 0 Å². The maximum atomic E-state index is 5.10. The Morgan fingerprint density at radius 3 is 3.06 bits per heavy atom. The number of hydrogen-bond donors (Lipinski definition) is 1. The van der Waals surface area contributed by atoms with E-state index in [1.807, 2.05) is 19.2 Å². The molecule has 96 valence electrons. The van der Waals surface area contributed by atoms with Crippen LogP contribution in [0.1, 0.15) is 35.1 Å². The number of nitrogens with zero attached hydrogens (tertiary/aromatic N) is 3. The molecule has 2 aromatic heterocycles. The lowest BCUT2D eigenvalue weighted by molar-refractivity contribution is 0.308. The number of nitrogens with one attached hydrogen (secondary N) is 1. The topological polar surface area (TPSA) is 58.0 Å².